The number of hydrogen-bond donors (Lipinski definition) is 2. The molecule has 0 heterocycles. The van der Waals surface area contributed by atoms with Crippen molar-refractivity contribution in [2.24, 2.45) is 11.7 Å². The third-order valence-corrected chi connectivity index (χ3v) is 2.56. The lowest BCUT2D eigenvalue weighted by Gasteiger charge is -2.13. The van der Waals surface area contributed by atoms with E-state index in [0.29, 0.717) is 0 Å². The average Bonchev–Trinajstić information content (AvgIpc) is 2.37. The molecule has 0 radical (unpaired) electrons. The van der Waals surface area contributed by atoms with Crippen molar-refractivity contribution in [1.82, 2.24) is 0 Å². The number of carbonyl (C=O) groups excluding carboxylic acids is 2. The number of carboxylic acids is 1. The predicted octanol–water partition coefficient (Wildman–Crippen LogP) is 1.05. The van der Waals surface area contributed by atoms with Crippen LogP contribution in [0.2, 0.25) is 0 Å². The van der Waals surface area contributed by atoms with Crippen LogP contribution < -0.4 is 5.73 Å². The Bertz CT molecular complexity index is 510. The number of aromatic carboxylic acids is 1. The molecule has 6 heteroatoms. The van der Waals surface area contributed by atoms with E-state index in [2.05, 4.69) is 4.74 Å². The van der Waals surface area contributed by atoms with Crippen LogP contribution in [0.25, 0.3) is 0 Å². The molecule has 0 spiro atoms. The molecule has 0 saturated carbocycles. The number of ether oxygens (including phenoxy) is 1. The Morgan fingerprint density at radius 1 is 1.16 bits per heavy atom. The summed E-state index contributed by atoms with van der Waals surface area (Å²) in [5, 5.41) is 8.93. The molecule has 3 N–H and O–H groups in total. The maximum Gasteiger partial charge on any atom is 0.346 e. The molecule has 1 unspecified atom stereocenters. The van der Waals surface area contributed by atoms with Gasteiger partial charge in [0.15, 0.2) is 0 Å². The van der Waals surface area contributed by atoms with E-state index in [-0.39, 0.29) is 17.0 Å². The Kier molecular flexibility index (Phi) is 4.77. The Labute approximate surface area is 110 Å². The first-order chi connectivity index (χ1) is 8.84. The second-order valence-corrected chi connectivity index (χ2v) is 4.33. The Morgan fingerprint density at radius 2 is 1.68 bits per heavy atom. The molecule has 6 nitrogen and oxygen atoms in total. The van der Waals surface area contributed by atoms with Crippen molar-refractivity contribution in [3.8, 4) is 0 Å². The molecule has 0 aliphatic carbocycles. The molecule has 102 valence electrons. The molecule has 1 rings (SSSR count). The van der Waals surface area contributed by atoms with Crippen LogP contribution in [0.5, 0.6) is 0 Å². The average molecular weight is 265 g/mol. The van der Waals surface area contributed by atoms with E-state index in [4.69, 9.17) is 10.8 Å². The van der Waals surface area contributed by atoms with Crippen LogP contribution in [-0.4, -0.2) is 29.1 Å². The van der Waals surface area contributed by atoms with Crippen LogP contribution in [0, 0.1) is 5.92 Å². The summed E-state index contributed by atoms with van der Waals surface area (Å²) in [6.45, 7) is 3.42. The molecule has 0 aliphatic rings. The van der Waals surface area contributed by atoms with Gasteiger partial charge in [-0.25, -0.2) is 14.4 Å². The summed E-state index contributed by atoms with van der Waals surface area (Å²) >= 11 is 0. The predicted molar refractivity (Wildman–Crippen MR) is 66.6 cm³/mol. The topological polar surface area (TPSA) is 107 Å². The molecular formula is C13H15NO5. The zero-order chi connectivity index (χ0) is 14.6. The summed E-state index contributed by atoms with van der Waals surface area (Å²) in [6, 6.07) is 4.56. The fourth-order valence-electron chi connectivity index (χ4n) is 1.33. The number of carbonyl (C=O) groups is 3. The zero-order valence-corrected chi connectivity index (χ0v) is 10.6. The molecule has 0 aliphatic heterocycles. The minimum absolute atomic E-state index is 0.181. The molecule has 1 aromatic rings. The summed E-state index contributed by atoms with van der Waals surface area (Å²) in [5.41, 5.74) is 5.14. The van der Waals surface area contributed by atoms with E-state index < -0.39 is 23.9 Å². The number of carboxylic acid groups (broad SMARTS) is 1. The normalized spacial score (nSPS) is 12.0. The van der Waals surface area contributed by atoms with Gasteiger partial charge in [-0.1, -0.05) is 26.0 Å². The van der Waals surface area contributed by atoms with Crippen LogP contribution in [0.1, 0.15) is 34.6 Å². The van der Waals surface area contributed by atoms with Crippen LogP contribution in [0.4, 0.5) is 0 Å². The number of nitrogens with two attached hydrogens (primary N) is 1. The first-order valence-electron chi connectivity index (χ1n) is 5.68. The molecule has 1 atom stereocenters. The highest BCUT2D eigenvalue weighted by Crippen LogP contribution is 2.11. The van der Waals surface area contributed by atoms with Crippen LogP contribution in [0.3, 0.4) is 0 Å². The van der Waals surface area contributed by atoms with Gasteiger partial charge < -0.3 is 15.6 Å². The molecule has 1 aromatic carbocycles. The van der Waals surface area contributed by atoms with Gasteiger partial charge in [0, 0.05) is 0 Å². The Balaban J connectivity index is 2.91. The van der Waals surface area contributed by atoms with E-state index >= 15 is 0 Å². The molecule has 0 fully saturated rings. The maximum atomic E-state index is 11.7. The van der Waals surface area contributed by atoms with Crippen molar-refractivity contribution in [2.45, 2.75) is 19.9 Å². The Hall–Kier alpha value is -2.21. The highest BCUT2D eigenvalue weighted by molar-refractivity contribution is 6.05. The second kappa shape index (κ2) is 6.10. The van der Waals surface area contributed by atoms with Gasteiger partial charge in [-0.2, -0.15) is 0 Å². The zero-order valence-electron chi connectivity index (χ0n) is 10.6. The maximum absolute atomic E-state index is 11.7. The second-order valence-electron chi connectivity index (χ2n) is 4.33. The van der Waals surface area contributed by atoms with Gasteiger partial charge >= 0.3 is 17.9 Å². The van der Waals surface area contributed by atoms with E-state index in [9.17, 15) is 14.4 Å². The van der Waals surface area contributed by atoms with Gasteiger partial charge in [0.2, 0.25) is 0 Å². The van der Waals surface area contributed by atoms with Crippen LogP contribution >= 0.6 is 0 Å². The van der Waals surface area contributed by atoms with Crippen molar-refractivity contribution < 1.29 is 24.2 Å². The standard InChI is InChI=1S/C13H15NO5/c1-7(2)10(14)13(18)19-12(17)9-6-4-3-5-8(9)11(15)16/h3-7,10H,14H2,1-2H3,(H,15,16). The molecule has 0 saturated heterocycles. The monoisotopic (exact) mass is 265 g/mol. The van der Waals surface area contributed by atoms with Gasteiger partial charge in [0.25, 0.3) is 0 Å². The summed E-state index contributed by atoms with van der Waals surface area (Å²) in [7, 11) is 0. The largest absolute Gasteiger partial charge is 0.478 e. The minimum atomic E-state index is -1.27. The molecule has 19 heavy (non-hydrogen) atoms. The van der Waals surface area contributed by atoms with Crippen LogP contribution in [0.15, 0.2) is 24.3 Å². The SMILES string of the molecule is CC(C)C(N)C(=O)OC(=O)c1ccccc1C(=O)O. The first kappa shape index (κ1) is 14.8. The molecular weight excluding hydrogens is 250 g/mol. The van der Waals surface area contributed by atoms with Gasteiger partial charge in [0.1, 0.15) is 6.04 Å². The molecule has 0 aromatic heterocycles. The van der Waals surface area contributed by atoms with Crippen molar-refractivity contribution in [1.29, 1.82) is 0 Å². The van der Waals surface area contributed by atoms with E-state index in [1.54, 1.807) is 13.8 Å². The van der Waals surface area contributed by atoms with Crippen molar-refractivity contribution in [3.63, 3.8) is 0 Å². The third kappa shape index (κ3) is 3.62. The lowest BCUT2D eigenvalue weighted by molar-refractivity contribution is -0.140. The highest BCUT2D eigenvalue weighted by atomic mass is 16.6. The first-order valence-corrected chi connectivity index (χ1v) is 5.68. The van der Waals surface area contributed by atoms with Gasteiger partial charge in [-0.3, -0.25) is 0 Å². The number of hydrogen-bond acceptors (Lipinski definition) is 5. The molecule has 0 amide bonds. The van der Waals surface area contributed by atoms with E-state index in [0.717, 1.165) is 0 Å². The Morgan fingerprint density at radius 3 is 2.16 bits per heavy atom. The van der Waals surface area contributed by atoms with E-state index in [1.807, 2.05) is 0 Å². The van der Waals surface area contributed by atoms with Crippen molar-refractivity contribution in [3.05, 3.63) is 35.4 Å². The number of rotatable bonds is 4. The quantitative estimate of drug-likeness (QED) is 0.622. The lowest BCUT2D eigenvalue weighted by Crippen LogP contribution is -2.38. The summed E-state index contributed by atoms with van der Waals surface area (Å²) < 4.78 is 4.58. The minimum Gasteiger partial charge on any atom is -0.478 e. The fourth-order valence-corrected chi connectivity index (χ4v) is 1.33. The summed E-state index contributed by atoms with van der Waals surface area (Å²) in [6.07, 6.45) is 0. The van der Waals surface area contributed by atoms with Gasteiger partial charge in [-0.15, -0.1) is 0 Å². The van der Waals surface area contributed by atoms with Gasteiger partial charge in [-0.05, 0) is 18.1 Å². The van der Waals surface area contributed by atoms with Crippen molar-refractivity contribution in [2.75, 3.05) is 0 Å². The highest BCUT2D eigenvalue weighted by Gasteiger charge is 2.24. The number of esters is 2. The fraction of sp³-hybridized carbons (Fsp3) is 0.308. The van der Waals surface area contributed by atoms with Crippen LogP contribution in [-0.2, 0) is 9.53 Å². The smallest absolute Gasteiger partial charge is 0.346 e. The molecule has 0 bridgehead atoms. The van der Waals surface area contributed by atoms with E-state index in [1.165, 1.54) is 24.3 Å². The third-order valence-electron chi connectivity index (χ3n) is 2.56. The summed E-state index contributed by atoms with van der Waals surface area (Å²) in [5.74, 6) is -3.34. The van der Waals surface area contributed by atoms with Crippen molar-refractivity contribution >= 4 is 17.9 Å². The lowest BCUT2D eigenvalue weighted by atomic mass is 10.1. The number of benzene rings is 1. The van der Waals surface area contributed by atoms with Gasteiger partial charge in [0.05, 0.1) is 11.1 Å². The summed E-state index contributed by atoms with van der Waals surface area (Å²) in [4.78, 5) is 34.2.